The first-order valence-corrected chi connectivity index (χ1v) is 11.9. The van der Waals surface area contributed by atoms with E-state index in [1.54, 1.807) is 14.2 Å². The molecule has 10 heteroatoms. The molecule has 0 radical (unpaired) electrons. The normalized spacial score (nSPS) is 17.2. The van der Waals surface area contributed by atoms with E-state index in [9.17, 15) is 14.0 Å². The largest absolute Gasteiger partial charge is 0.441 e. The van der Waals surface area contributed by atoms with E-state index in [-0.39, 0.29) is 34.2 Å². The van der Waals surface area contributed by atoms with Crippen LogP contribution in [0.15, 0.2) is 59.2 Å². The van der Waals surface area contributed by atoms with Crippen molar-refractivity contribution in [3.63, 3.8) is 0 Å². The highest BCUT2D eigenvalue weighted by Crippen LogP contribution is 2.38. The zero-order valence-corrected chi connectivity index (χ0v) is 21.2. The third-order valence-electron chi connectivity index (χ3n) is 6.01. The zero-order valence-electron chi connectivity index (χ0n) is 20.4. The number of nitrogens with two attached hydrogens (primary N) is 1. The number of cyclic esters (lactones) is 1. The smallest absolute Gasteiger partial charge is 0.412 e. The molecule has 3 unspecified atom stereocenters. The minimum absolute atomic E-state index is 0.0561. The van der Waals surface area contributed by atoms with Crippen molar-refractivity contribution in [2.75, 3.05) is 26.0 Å². The minimum Gasteiger partial charge on any atom is -0.441 e. The van der Waals surface area contributed by atoms with Crippen LogP contribution >= 0.6 is 11.6 Å². The number of ether oxygens (including phenoxy) is 2. The Hall–Kier alpha value is -3.43. The molecule has 3 rings (SSSR count). The van der Waals surface area contributed by atoms with Crippen molar-refractivity contribution in [1.29, 1.82) is 0 Å². The lowest BCUT2D eigenvalue weighted by molar-refractivity contribution is -0.125. The van der Waals surface area contributed by atoms with Crippen molar-refractivity contribution in [3.8, 4) is 0 Å². The Bertz CT molecular complexity index is 1140. The lowest BCUT2D eigenvalue weighted by Gasteiger charge is -2.27. The Labute approximate surface area is 214 Å². The number of rotatable bonds is 10. The van der Waals surface area contributed by atoms with Crippen molar-refractivity contribution in [2.45, 2.75) is 38.0 Å². The molecule has 0 saturated carbocycles. The third kappa shape index (κ3) is 6.41. The van der Waals surface area contributed by atoms with Gasteiger partial charge in [-0.2, -0.15) is 0 Å². The molecular weight excluding hydrogens is 487 g/mol. The molecule has 3 atom stereocenters. The van der Waals surface area contributed by atoms with E-state index in [4.69, 9.17) is 26.8 Å². The number of likely N-dealkylation sites (N-methyl/N-ethyl adjacent to an activating group) is 1. The van der Waals surface area contributed by atoms with Crippen LogP contribution in [-0.4, -0.2) is 49.9 Å². The fourth-order valence-corrected chi connectivity index (χ4v) is 4.11. The summed E-state index contributed by atoms with van der Waals surface area (Å²) in [6.45, 7) is 2.22. The molecule has 0 fully saturated rings. The summed E-state index contributed by atoms with van der Waals surface area (Å²) in [7, 11) is 3.23. The molecule has 0 saturated heterocycles. The second kappa shape index (κ2) is 12.5. The van der Waals surface area contributed by atoms with Crippen LogP contribution in [0.1, 0.15) is 43.0 Å². The minimum atomic E-state index is -0.816. The molecule has 8 nitrogen and oxygen atoms in total. The summed E-state index contributed by atoms with van der Waals surface area (Å²) in [6.07, 6.45) is 1.70. The quantitative estimate of drug-likeness (QED) is 0.341. The summed E-state index contributed by atoms with van der Waals surface area (Å²) >= 11 is 5.91. The van der Waals surface area contributed by atoms with Gasteiger partial charge in [-0.3, -0.25) is 15.1 Å². The molecule has 1 heterocycles. The predicted octanol–water partition coefficient (Wildman–Crippen LogP) is 5.01. The molecule has 2 aromatic carbocycles. The number of anilines is 1. The molecule has 2 aromatic rings. The van der Waals surface area contributed by atoms with Crippen LogP contribution in [0.4, 0.5) is 14.9 Å². The molecule has 1 aliphatic heterocycles. The van der Waals surface area contributed by atoms with Crippen molar-refractivity contribution >= 4 is 35.5 Å². The SMILES string of the molecule is COC(C)C(N=C/C(=C\N)C(=O)N(C)CCCC1OC(=O)Nc2ccc(Cl)c(F)c21)c1ccccc1. The molecule has 36 heavy (non-hydrogen) atoms. The average Bonchev–Trinajstić information content (AvgIpc) is 2.88. The van der Waals surface area contributed by atoms with E-state index < -0.39 is 18.0 Å². The van der Waals surface area contributed by atoms with Crippen LogP contribution in [0.3, 0.4) is 0 Å². The van der Waals surface area contributed by atoms with Gasteiger partial charge in [-0.25, -0.2) is 9.18 Å². The van der Waals surface area contributed by atoms with Crippen LogP contribution in [0.25, 0.3) is 0 Å². The highest BCUT2D eigenvalue weighted by Gasteiger charge is 2.30. The number of amides is 2. The number of hydrogen-bond acceptors (Lipinski definition) is 6. The lowest BCUT2D eigenvalue weighted by Crippen LogP contribution is -2.31. The van der Waals surface area contributed by atoms with Crippen molar-refractivity contribution < 1.29 is 23.5 Å². The van der Waals surface area contributed by atoms with Crippen molar-refractivity contribution in [1.82, 2.24) is 4.90 Å². The standard InChI is InChI=1S/C26H30ClFN4O4/c1-16(35-3)24(17-8-5-4-6-9-17)30-15-18(14-29)25(33)32(2)13-7-10-21-22-20(31-26(34)36-21)12-11-19(27)23(22)28/h4-6,8-9,11-12,14-16,21,24H,7,10,13,29H2,1-3H3,(H,31,34)/b18-14+,30-15?. The maximum Gasteiger partial charge on any atom is 0.412 e. The first-order chi connectivity index (χ1) is 17.3. The fraction of sp³-hybridized carbons (Fsp3) is 0.346. The molecule has 0 aromatic heterocycles. The van der Waals surface area contributed by atoms with E-state index in [1.165, 1.54) is 29.4 Å². The van der Waals surface area contributed by atoms with Crippen LogP contribution in [0.5, 0.6) is 0 Å². The van der Waals surface area contributed by atoms with Gasteiger partial charge >= 0.3 is 6.09 Å². The molecular formula is C26H30ClFN4O4. The lowest BCUT2D eigenvalue weighted by atomic mass is 10.0. The number of aliphatic imine (C=N–C) groups is 1. The summed E-state index contributed by atoms with van der Waals surface area (Å²) in [6, 6.07) is 12.2. The van der Waals surface area contributed by atoms with Crippen LogP contribution in [0.2, 0.25) is 5.02 Å². The van der Waals surface area contributed by atoms with E-state index in [2.05, 4.69) is 10.3 Å². The monoisotopic (exact) mass is 516 g/mol. The van der Waals surface area contributed by atoms with Gasteiger partial charge in [-0.05, 0) is 37.5 Å². The molecule has 0 spiro atoms. The van der Waals surface area contributed by atoms with Gasteiger partial charge in [0.15, 0.2) is 5.82 Å². The second-order valence-electron chi connectivity index (χ2n) is 8.41. The Balaban J connectivity index is 1.64. The van der Waals surface area contributed by atoms with E-state index in [0.717, 1.165) is 5.56 Å². The number of carbonyl (C=O) groups is 2. The maximum absolute atomic E-state index is 14.6. The Morgan fingerprint density at radius 3 is 2.72 bits per heavy atom. The van der Waals surface area contributed by atoms with Gasteiger partial charge in [-0.15, -0.1) is 0 Å². The number of halogens is 2. The van der Waals surface area contributed by atoms with Gasteiger partial charge in [0.2, 0.25) is 0 Å². The number of hydrogen-bond donors (Lipinski definition) is 2. The number of carbonyl (C=O) groups excluding carboxylic acids is 2. The van der Waals surface area contributed by atoms with Gasteiger partial charge in [0.05, 0.1) is 28.0 Å². The van der Waals surface area contributed by atoms with Gasteiger partial charge in [0.1, 0.15) is 12.1 Å². The van der Waals surface area contributed by atoms with Gasteiger partial charge in [-0.1, -0.05) is 41.9 Å². The van der Waals surface area contributed by atoms with Crippen LogP contribution in [0, 0.1) is 5.82 Å². The predicted molar refractivity (Wildman–Crippen MR) is 138 cm³/mol. The first-order valence-electron chi connectivity index (χ1n) is 11.5. The molecule has 2 amide bonds. The number of benzene rings is 2. The zero-order chi connectivity index (χ0) is 26.2. The summed E-state index contributed by atoms with van der Waals surface area (Å²) < 4.78 is 25.4. The average molecular weight is 517 g/mol. The molecule has 3 N–H and O–H groups in total. The van der Waals surface area contributed by atoms with E-state index in [0.29, 0.717) is 25.1 Å². The Morgan fingerprint density at radius 2 is 2.06 bits per heavy atom. The fourth-order valence-electron chi connectivity index (χ4n) is 3.94. The Kier molecular flexibility index (Phi) is 9.44. The number of nitrogens with zero attached hydrogens (tertiary/aromatic N) is 2. The van der Waals surface area contributed by atoms with E-state index >= 15 is 0 Å². The number of nitrogens with one attached hydrogen (secondary N) is 1. The molecule has 1 aliphatic rings. The molecule has 192 valence electrons. The number of fused-ring (bicyclic) bond motifs is 1. The van der Waals surface area contributed by atoms with Crippen LogP contribution < -0.4 is 11.1 Å². The Morgan fingerprint density at radius 1 is 1.33 bits per heavy atom. The molecule has 0 bridgehead atoms. The second-order valence-corrected chi connectivity index (χ2v) is 8.81. The summed E-state index contributed by atoms with van der Waals surface area (Å²) in [5, 5.41) is 2.42. The van der Waals surface area contributed by atoms with Gasteiger partial charge in [0, 0.05) is 33.1 Å². The maximum atomic E-state index is 14.6. The molecule has 0 aliphatic carbocycles. The van der Waals surface area contributed by atoms with Crippen molar-refractivity contribution in [2.24, 2.45) is 10.7 Å². The summed E-state index contributed by atoms with van der Waals surface area (Å²) in [5.41, 5.74) is 7.43. The highest BCUT2D eigenvalue weighted by atomic mass is 35.5. The van der Waals surface area contributed by atoms with Gasteiger partial charge in [0.25, 0.3) is 5.91 Å². The van der Waals surface area contributed by atoms with Crippen LogP contribution in [-0.2, 0) is 14.3 Å². The van der Waals surface area contributed by atoms with E-state index in [1.807, 2.05) is 37.3 Å². The highest BCUT2D eigenvalue weighted by molar-refractivity contribution is 6.31. The van der Waals surface area contributed by atoms with Gasteiger partial charge < -0.3 is 20.1 Å². The number of methoxy groups -OCH3 is 1. The van der Waals surface area contributed by atoms with Crippen molar-refractivity contribution in [3.05, 3.63) is 76.2 Å². The first kappa shape index (κ1) is 27.2. The topological polar surface area (TPSA) is 106 Å². The summed E-state index contributed by atoms with van der Waals surface area (Å²) in [4.78, 5) is 30.9. The summed E-state index contributed by atoms with van der Waals surface area (Å²) in [5.74, 6) is -0.957. The third-order valence-corrected chi connectivity index (χ3v) is 6.30.